The van der Waals surface area contributed by atoms with Crippen molar-refractivity contribution in [1.82, 2.24) is 0 Å². The van der Waals surface area contributed by atoms with Crippen LogP contribution in [0.25, 0.3) is 0 Å². The number of amides is 1. The molecule has 1 atom stereocenters. The molecule has 1 aromatic carbocycles. The summed E-state index contributed by atoms with van der Waals surface area (Å²) >= 11 is 0. The molecule has 2 rings (SSSR count). The SMILES string of the molecule is CCC(C(=O)Nc1c(C)cc(C#N)cc1C)[N+]1(CC)CCCCC1.[Y]. The van der Waals surface area contributed by atoms with Gasteiger partial charge in [0.2, 0.25) is 0 Å². The Labute approximate surface area is 177 Å². The molecule has 1 radical (unpaired) electrons. The van der Waals surface area contributed by atoms with Gasteiger partial charge in [0.15, 0.2) is 6.04 Å². The molecule has 1 aromatic rings. The second kappa shape index (κ2) is 9.81. The number of carbonyl (C=O) groups excluding carboxylic acids is 1. The minimum Gasteiger partial charge on any atom is -0.320 e. The molecule has 4 nitrogen and oxygen atoms in total. The zero-order valence-electron chi connectivity index (χ0n) is 16.1. The van der Waals surface area contributed by atoms with Crippen LogP contribution in [0.3, 0.4) is 0 Å². The summed E-state index contributed by atoms with van der Waals surface area (Å²) < 4.78 is 0.913. The maximum atomic E-state index is 13.1. The van der Waals surface area contributed by atoms with Crippen LogP contribution in [-0.2, 0) is 37.5 Å². The molecule has 1 N–H and O–H groups in total. The molecule has 1 aliphatic rings. The zero-order valence-corrected chi connectivity index (χ0v) is 18.9. The summed E-state index contributed by atoms with van der Waals surface area (Å²) in [6.07, 6.45) is 4.57. The Kier molecular flexibility index (Phi) is 8.74. The fourth-order valence-corrected chi connectivity index (χ4v) is 4.24. The van der Waals surface area contributed by atoms with Crippen molar-refractivity contribution in [3.05, 3.63) is 28.8 Å². The van der Waals surface area contributed by atoms with Crippen molar-refractivity contribution in [1.29, 1.82) is 5.26 Å². The number of benzene rings is 1. The summed E-state index contributed by atoms with van der Waals surface area (Å²) in [5.41, 5.74) is 3.42. The number of nitrogens with one attached hydrogen (secondary N) is 1. The van der Waals surface area contributed by atoms with Crippen LogP contribution in [0.1, 0.15) is 56.2 Å². The predicted octanol–water partition coefficient (Wildman–Crippen LogP) is 3.91. The van der Waals surface area contributed by atoms with Crippen molar-refractivity contribution < 1.29 is 42.0 Å². The van der Waals surface area contributed by atoms with Gasteiger partial charge < -0.3 is 9.80 Å². The monoisotopic (exact) mass is 417 g/mol. The molecule has 0 aromatic heterocycles. The van der Waals surface area contributed by atoms with E-state index in [1.165, 1.54) is 19.3 Å². The number of likely N-dealkylation sites (N-methyl/N-ethyl adjacent to an activating group) is 1. The number of carbonyl (C=O) groups is 1. The van der Waals surface area contributed by atoms with Gasteiger partial charge in [0.1, 0.15) is 0 Å². The van der Waals surface area contributed by atoms with Gasteiger partial charge in [-0.05, 0) is 63.3 Å². The summed E-state index contributed by atoms with van der Waals surface area (Å²) in [6.45, 7) is 11.5. The molecule has 1 unspecified atom stereocenters. The van der Waals surface area contributed by atoms with Crippen molar-refractivity contribution in [2.24, 2.45) is 0 Å². The molecule has 0 aliphatic carbocycles. The second-order valence-corrected chi connectivity index (χ2v) is 7.05. The van der Waals surface area contributed by atoms with Gasteiger partial charge in [-0.15, -0.1) is 0 Å². The fourth-order valence-electron chi connectivity index (χ4n) is 4.24. The van der Waals surface area contributed by atoms with Gasteiger partial charge in [0, 0.05) is 44.8 Å². The van der Waals surface area contributed by atoms with E-state index >= 15 is 0 Å². The van der Waals surface area contributed by atoms with Crippen molar-refractivity contribution in [2.75, 3.05) is 25.0 Å². The van der Waals surface area contributed by atoms with Crippen LogP contribution in [0, 0.1) is 25.2 Å². The quantitative estimate of drug-likeness (QED) is 0.739. The molecule has 1 heterocycles. The number of hydrogen-bond acceptors (Lipinski definition) is 2. The average molecular weight is 417 g/mol. The van der Waals surface area contributed by atoms with E-state index in [1.807, 2.05) is 26.0 Å². The van der Waals surface area contributed by atoms with Crippen molar-refractivity contribution in [2.45, 2.75) is 59.4 Å². The van der Waals surface area contributed by atoms with E-state index in [1.54, 1.807) is 0 Å². The Morgan fingerprint density at radius 2 is 1.76 bits per heavy atom. The van der Waals surface area contributed by atoms with Gasteiger partial charge in [-0.25, -0.2) is 0 Å². The molecular formula is C20H30N3OY+. The summed E-state index contributed by atoms with van der Waals surface area (Å²) in [6, 6.07) is 5.86. The van der Waals surface area contributed by atoms with Crippen LogP contribution in [0.2, 0.25) is 0 Å². The normalized spacial score (nSPS) is 17.1. The van der Waals surface area contributed by atoms with Gasteiger partial charge in [-0.1, -0.05) is 6.92 Å². The summed E-state index contributed by atoms with van der Waals surface area (Å²) in [7, 11) is 0. The van der Waals surface area contributed by atoms with Crippen molar-refractivity contribution in [3.63, 3.8) is 0 Å². The van der Waals surface area contributed by atoms with E-state index in [0.717, 1.165) is 47.4 Å². The molecule has 25 heavy (non-hydrogen) atoms. The molecule has 0 saturated carbocycles. The van der Waals surface area contributed by atoms with Gasteiger partial charge in [0.05, 0.1) is 31.3 Å². The Hall–Kier alpha value is -0.756. The van der Waals surface area contributed by atoms with Crippen molar-refractivity contribution >= 4 is 11.6 Å². The maximum absolute atomic E-state index is 13.1. The predicted molar refractivity (Wildman–Crippen MR) is 97.7 cm³/mol. The number of hydrogen-bond donors (Lipinski definition) is 1. The van der Waals surface area contributed by atoms with E-state index in [9.17, 15) is 4.79 Å². The topological polar surface area (TPSA) is 52.9 Å². The fraction of sp³-hybridized carbons (Fsp3) is 0.600. The van der Waals surface area contributed by atoms with E-state index in [4.69, 9.17) is 5.26 Å². The van der Waals surface area contributed by atoms with E-state index in [0.29, 0.717) is 5.56 Å². The first-order valence-corrected chi connectivity index (χ1v) is 9.15. The number of likely N-dealkylation sites (tertiary alicyclic amines) is 1. The van der Waals surface area contributed by atoms with Crippen LogP contribution in [-0.4, -0.2) is 36.1 Å². The number of rotatable bonds is 5. The van der Waals surface area contributed by atoms with E-state index < -0.39 is 0 Å². The Bertz CT molecular complexity index is 622. The van der Waals surface area contributed by atoms with Crippen LogP contribution in [0.4, 0.5) is 5.69 Å². The molecule has 1 amide bonds. The first kappa shape index (κ1) is 22.3. The molecule has 0 spiro atoms. The van der Waals surface area contributed by atoms with E-state index in [2.05, 4.69) is 25.2 Å². The molecule has 1 aliphatic heterocycles. The average Bonchev–Trinajstić information content (AvgIpc) is 2.59. The summed E-state index contributed by atoms with van der Waals surface area (Å²) in [4.78, 5) is 13.1. The number of piperidine rings is 1. The Morgan fingerprint density at radius 3 is 2.20 bits per heavy atom. The number of quaternary nitrogens is 1. The Morgan fingerprint density at radius 1 is 1.20 bits per heavy atom. The van der Waals surface area contributed by atoms with Crippen LogP contribution < -0.4 is 5.32 Å². The second-order valence-electron chi connectivity index (χ2n) is 7.05. The largest absolute Gasteiger partial charge is 0.320 e. The molecule has 1 fully saturated rings. The van der Waals surface area contributed by atoms with Crippen LogP contribution >= 0.6 is 0 Å². The first-order valence-electron chi connectivity index (χ1n) is 9.15. The third kappa shape index (κ3) is 4.91. The van der Waals surface area contributed by atoms with Crippen LogP contribution in [0.5, 0.6) is 0 Å². The maximum Gasteiger partial charge on any atom is 0.282 e. The standard InChI is InChI=1S/C20H29N3O.Y/c1-5-18(23(6-2)10-8-7-9-11-23)20(24)22-19-15(3)12-17(14-21)13-16(19)4;/h12-13,18H,5-11H2,1-4H3;/p+1. The first-order chi connectivity index (χ1) is 11.5. The third-order valence-corrected chi connectivity index (χ3v) is 5.60. The Balaban J connectivity index is 0.00000312. The number of nitrogens with zero attached hydrogens (tertiary/aromatic N) is 2. The smallest absolute Gasteiger partial charge is 0.282 e. The zero-order chi connectivity index (χ0) is 17.7. The minimum absolute atomic E-state index is 0. The molecule has 1 saturated heterocycles. The summed E-state index contributed by atoms with van der Waals surface area (Å²) in [5.74, 6) is 0.122. The van der Waals surface area contributed by atoms with Gasteiger partial charge >= 0.3 is 0 Å². The van der Waals surface area contributed by atoms with Crippen LogP contribution in [0.15, 0.2) is 12.1 Å². The summed E-state index contributed by atoms with van der Waals surface area (Å²) in [5, 5.41) is 12.3. The van der Waals surface area contributed by atoms with E-state index in [-0.39, 0.29) is 44.7 Å². The van der Waals surface area contributed by atoms with Gasteiger partial charge in [-0.3, -0.25) is 4.79 Å². The molecular weight excluding hydrogens is 387 g/mol. The van der Waals surface area contributed by atoms with Crippen molar-refractivity contribution in [3.8, 4) is 6.07 Å². The number of nitriles is 1. The minimum atomic E-state index is 0. The van der Waals surface area contributed by atoms with Gasteiger partial charge in [0.25, 0.3) is 5.91 Å². The molecule has 0 bridgehead atoms. The molecule has 133 valence electrons. The number of anilines is 1. The number of aryl methyl sites for hydroxylation is 2. The molecule has 5 heteroatoms. The van der Waals surface area contributed by atoms with Gasteiger partial charge in [-0.2, -0.15) is 5.26 Å². The third-order valence-electron chi connectivity index (χ3n) is 5.60.